The largest absolute Gasteiger partial charge is 0.366 e. The zero-order valence-corrected chi connectivity index (χ0v) is 27.6. The smallest absolute Gasteiger partial charge is 0.323 e. The molecular formula is C39H42FN5O4. The molecular weight excluding hydrogens is 621 g/mol. The molecule has 49 heavy (non-hydrogen) atoms. The van der Waals surface area contributed by atoms with Gasteiger partial charge < -0.3 is 21.7 Å². The third-order valence-electron chi connectivity index (χ3n) is 8.69. The second-order valence-corrected chi connectivity index (χ2v) is 12.6. The van der Waals surface area contributed by atoms with Crippen LogP contribution in [0.25, 0.3) is 0 Å². The number of likely N-dealkylation sites (tertiary alicyclic amines) is 1. The van der Waals surface area contributed by atoms with Gasteiger partial charge in [0.05, 0.1) is 0 Å². The highest BCUT2D eigenvalue weighted by atomic mass is 19.1. The van der Waals surface area contributed by atoms with Gasteiger partial charge in [-0.1, -0.05) is 48.5 Å². The summed E-state index contributed by atoms with van der Waals surface area (Å²) < 4.78 is 13.3. The topological polar surface area (TPSA) is 134 Å². The molecule has 4 aromatic rings. The Morgan fingerprint density at radius 1 is 0.796 bits per heavy atom. The van der Waals surface area contributed by atoms with E-state index in [-0.39, 0.29) is 29.5 Å². The van der Waals surface area contributed by atoms with Gasteiger partial charge in [0.25, 0.3) is 5.91 Å². The monoisotopic (exact) mass is 663 g/mol. The van der Waals surface area contributed by atoms with Crippen molar-refractivity contribution in [1.29, 1.82) is 0 Å². The molecule has 1 aliphatic heterocycles. The van der Waals surface area contributed by atoms with Crippen LogP contribution in [0.3, 0.4) is 0 Å². The molecule has 254 valence electrons. The highest BCUT2D eigenvalue weighted by Gasteiger charge is 2.27. The van der Waals surface area contributed by atoms with Crippen molar-refractivity contribution in [1.82, 2.24) is 10.2 Å². The zero-order valence-electron chi connectivity index (χ0n) is 27.6. The normalized spacial score (nSPS) is 14.6. The number of hydrogen-bond donors (Lipinski definition) is 4. The minimum Gasteiger partial charge on any atom is -0.366 e. The first-order chi connectivity index (χ1) is 23.6. The van der Waals surface area contributed by atoms with E-state index in [0.717, 1.165) is 56.3 Å². The fourth-order valence-corrected chi connectivity index (χ4v) is 5.81. The summed E-state index contributed by atoms with van der Waals surface area (Å²) in [6.07, 6.45) is 4.91. The second-order valence-electron chi connectivity index (χ2n) is 12.6. The first-order valence-corrected chi connectivity index (χ1v) is 16.6. The van der Waals surface area contributed by atoms with Gasteiger partial charge in [-0.3, -0.25) is 19.3 Å². The lowest BCUT2D eigenvalue weighted by molar-refractivity contribution is 0.0946. The Morgan fingerprint density at radius 3 is 2.10 bits per heavy atom. The van der Waals surface area contributed by atoms with Crippen molar-refractivity contribution in [2.75, 3.05) is 23.7 Å². The summed E-state index contributed by atoms with van der Waals surface area (Å²) in [5.74, 6) is -0.283. The van der Waals surface area contributed by atoms with Crippen LogP contribution in [0.15, 0.2) is 97.1 Å². The third-order valence-corrected chi connectivity index (χ3v) is 8.69. The van der Waals surface area contributed by atoms with E-state index in [0.29, 0.717) is 40.5 Å². The Morgan fingerprint density at radius 2 is 1.47 bits per heavy atom. The lowest BCUT2D eigenvalue weighted by Crippen LogP contribution is -2.35. The molecule has 0 atom stereocenters. The van der Waals surface area contributed by atoms with E-state index < -0.39 is 6.03 Å². The SMILES string of the molecule is CC(=O)c1cccc(NC(=O)Nc2cccc(C(=O)NC3CC3)c2CN2CCC(Cc3ccc(F)cc3)CC2)c1.NC(=O)c1ccccc1. The summed E-state index contributed by atoms with van der Waals surface area (Å²) in [6.45, 7) is 3.75. The Bertz CT molecular complexity index is 1770. The van der Waals surface area contributed by atoms with Gasteiger partial charge in [-0.15, -0.1) is 0 Å². The minimum absolute atomic E-state index is 0.0813. The average Bonchev–Trinajstić information content (AvgIpc) is 3.92. The van der Waals surface area contributed by atoms with E-state index >= 15 is 0 Å². The van der Waals surface area contributed by atoms with E-state index in [2.05, 4.69) is 20.9 Å². The number of nitrogens with two attached hydrogens (primary N) is 1. The van der Waals surface area contributed by atoms with Gasteiger partial charge in [0, 0.05) is 46.2 Å². The van der Waals surface area contributed by atoms with Crippen LogP contribution in [0.2, 0.25) is 0 Å². The van der Waals surface area contributed by atoms with Crippen molar-refractivity contribution < 1.29 is 23.6 Å². The number of carbonyl (C=O) groups is 4. The maximum Gasteiger partial charge on any atom is 0.323 e. The number of primary amides is 1. The molecule has 6 rings (SSSR count). The van der Waals surface area contributed by atoms with Crippen molar-refractivity contribution in [3.63, 3.8) is 0 Å². The van der Waals surface area contributed by atoms with Gasteiger partial charge in [-0.25, -0.2) is 9.18 Å². The summed E-state index contributed by atoms with van der Waals surface area (Å²) in [6, 6.07) is 27.5. The van der Waals surface area contributed by atoms with Crippen LogP contribution >= 0.6 is 0 Å². The molecule has 1 aliphatic carbocycles. The first-order valence-electron chi connectivity index (χ1n) is 16.6. The molecule has 2 aliphatic rings. The molecule has 0 bridgehead atoms. The van der Waals surface area contributed by atoms with Crippen molar-refractivity contribution in [2.45, 2.75) is 51.6 Å². The van der Waals surface area contributed by atoms with Crippen molar-refractivity contribution in [3.8, 4) is 0 Å². The highest BCUT2D eigenvalue weighted by Crippen LogP contribution is 2.28. The molecule has 4 aromatic carbocycles. The van der Waals surface area contributed by atoms with Crippen molar-refractivity contribution in [2.24, 2.45) is 11.7 Å². The van der Waals surface area contributed by atoms with Gasteiger partial charge in [-0.05, 0) is 112 Å². The Hall–Kier alpha value is -5.35. The molecule has 0 unspecified atom stereocenters. The summed E-state index contributed by atoms with van der Waals surface area (Å²) >= 11 is 0. The lowest BCUT2D eigenvalue weighted by atomic mass is 9.90. The second kappa shape index (κ2) is 16.7. The van der Waals surface area contributed by atoms with E-state index in [1.807, 2.05) is 30.3 Å². The predicted octanol–water partition coefficient (Wildman–Crippen LogP) is 6.80. The lowest BCUT2D eigenvalue weighted by Gasteiger charge is -2.33. The van der Waals surface area contributed by atoms with Gasteiger partial charge in [0.15, 0.2) is 5.78 Å². The number of rotatable bonds is 10. The van der Waals surface area contributed by atoms with Crippen LogP contribution in [0.4, 0.5) is 20.6 Å². The Balaban J connectivity index is 0.000000452. The molecule has 0 radical (unpaired) electrons. The van der Waals surface area contributed by atoms with E-state index in [1.165, 1.54) is 19.1 Å². The fourth-order valence-electron chi connectivity index (χ4n) is 5.81. The molecule has 1 heterocycles. The van der Waals surface area contributed by atoms with Crippen LogP contribution in [-0.4, -0.2) is 47.7 Å². The Labute approximate surface area is 286 Å². The quantitative estimate of drug-likeness (QED) is 0.139. The van der Waals surface area contributed by atoms with E-state index in [9.17, 15) is 23.6 Å². The van der Waals surface area contributed by atoms with Crippen molar-refractivity contribution >= 4 is 35.0 Å². The number of urea groups is 1. The highest BCUT2D eigenvalue weighted by molar-refractivity contribution is 6.04. The van der Waals surface area contributed by atoms with E-state index in [1.54, 1.807) is 54.6 Å². The standard InChI is InChI=1S/C32H35FN4O3.C7H7NO/c1-21(38)24-4-2-5-27(19-24)35-32(40)36-30-7-3-6-28(31(39)34-26-12-13-26)29(30)20-37-16-14-23(15-17-37)18-22-8-10-25(33)11-9-22;8-7(9)6-4-2-1-3-5-6/h2-11,19,23,26H,12-18,20H2,1H3,(H,34,39)(H2,35,36,40);1-5H,(H2,8,9). The molecule has 9 nitrogen and oxygen atoms in total. The number of benzene rings is 4. The zero-order chi connectivity index (χ0) is 34.8. The van der Waals surface area contributed by atoms with Crippen LogP contribution in [0, 0.1) is 11.7 Å². The minimum atomic E-state index is -0.445. The number of ketones is 1. The number of amides is 4. The van der Waals surface area contributed by atoms with E-state index in [4.69, 9.17) is 5.73 Å². The molecule has 0 aromatic heterocycles. The molecule has 4 amide bonds. The third kappa shape index (κ3) is 10.6. The maximum atomic E-state index is 13.3. The van der Waals surface area contributed by atoms with Crippen LogP contribution in [0.1, 0.15) is 74.8 Å². The molecule has 1 saturated carbocycles. The first kappa shape index (κ1) is 35.0. The Kier molecular flexibility index (Phi) is 11.9. The molecule has 0 spiro atoms. The maximum absolute atomic E-state index is 13.3. The molecule has 5 N–H and O–H groups in total. The van der Waals surface area contributed by atoms with Crippen LogP contribution in [-0.2, 0) is 13.0 Å². The predicted molar refractivity (Wildman–Crippen MR) is 189 cm³/mol. The summed E-state index contributed by atoms with van der Waals surface area (Å²) in [7, 11) is 0. The number of anilines is 2. The number of nitrogens with one attached hydrogen (secondary N) is 3. The summed E-state index contributed by atoms with van der Waals surface area (Å²) in [4.78, 5) is 50.6. The average molecular weight is 664 g/mol. The number of Topliss-reactive ketones (excluding diaryl/α,β-unsaturated/α-hetero) is 1. The summed E-state index contributed by atoms with van der Waals surface area (Å²) in [5.41, 5.74) is 9.63. The van der Waals surface area contributed by atoms with Gasteiger partial charge in [-0.2, -0.15) is 0 Å². The number of nitrogens with zero attached hydrogens (tertiary/aromatic N) is 1. The number of piperidine rings is 1. The fraction of sp³-hybridized carbons (Fsp3) is 0.282. The molecule has 2 fully saturated rings. The summed E-state index contributed by atoms with van der Waals surface area (Å²) in [5, 5.41) is 8.81. The number of halogens is 1. The van der Waals surface area contributed by atoms with Crippen LogP contribution in [0.5, 0.6) is 0 Å². The number of hydrogen-bond acceptors (Lipinski definition) is 5. The van der Waals surface area contributed by atoms with Crippen molar-refractivity contribution in [3.05, 3.63) is 131 Å². The molecule has 1 saturated heterocycles. The van der Waals surface area contributed by atoms with Gasteiger partial charge >= 0.3 is 6.03 Å². The van der Waals surface area contributed by atoms with Gasteiger partial charge in [0.1, 0.15) is 5.82 Å². The number of carbonyl (C=O) groups excluding carboxylic acids is 4. The van der Waals surface area contributed by atoms with Gasteiger partial charge in [0.2, 0.25) is 5.91 Å². The molecule has 10 heteroatoms. The van der Waals surface area contributed by atoms with Crippen LogP contribution < -0.4 is 21.7 Å².